The molecule has 0 radical (unpaired) electrons. The minimum Gasteiger partial charge on any atom is -0.482 e. The van der Waals surface area contributed by atoms with Gasteiger partial charge in [-0.05, 0) is 36.6 Å². The summed E-state index contributed by atoms with van der Waals surface area (Å²) in [4.78, 5) is 26.2. The van der Waals surface area contributed by atoms with E-state index in [4.69, 9.17) is 9.47 Å². The quantitative estimate of drug-likeness (QED) is 0.866. The molecule has 6 nitrogen and oxygen atoms in total. The summed E-state index contributed by atoms with van der Waals surface area (Å²) < 4.78 is 11.6. The van der Waals surface area contributed by atoms with Crippen LogP contribution in [0.15, 0.2) is 48.5 Å². The maximum Gasteiger partial charge on any atom is 0.265 e. The fourth-order valence-corrected chi connectivity index (χ4v) is 3.55. The molecule has 0 aliphatic carbocycles. The second kappa shape index (κ2) is 7.92. The summed E-state index contributed by atoms with van der Waals surface area (Å²) >= 11 is 0. The Balaban J connectivity index is 1.31. The summed E-state index contributed by atoms with van der Waals surface area (Å²) in [5.41, 5.74) is 2.09. The van der Waals surface area contributed by atoms with Crippen LogP contribution in [0.2, 0.25) is 0 Å². The average Bonchev–Trinajstić information content (AvgIpc) is 3.11. The Morgan fingerprint density at radius 2 is 1.75 bits per heavy atom. The van der Waals surface area contributed by atoms with Gasteiger partial charge in [-0.1, -0.05) is 36.4 Å². The minimum absolute atomic E-state index is 0.200. The summed E-state index contributed by atoms with van der Waals surface area (Å²) in [6.45, 7) is 3.72. The average molecular weight is 380 g/mol. The number of hydrogen-bond acceptors (Lipinski definition) is 4. The lowest BCUT2D eigenvalue weighted by atomic mass is 10.1. The van der Waals surface area contributed by atoms with Crippen molar-refractivity contribution in [1.29, 1.82) is 0 Å². The molecular weight excluding hydrogens is 356 g/mol. The zero-order valence-electron chi connectivity index (χ0n) is 15.9. The third kappa shape index (κ3) is 3.96. The second-order valence-corrected chi connectivity index (χ2v) is 7.26. The van der Waals surface area contributed by atoms with E-state index in [1.165, 1.54) is 0 Å². The van der Waals surface area contributed by atoms with Crippen LogP contribution >= 0.6 is 0 Å². The first-order chi connectivity index (χ1) is 13.6. The molecule has 2 aliphatic rings. The number of rotatable bonds is 5. The molecule has 2 aromatic carbocycles. The molecule has 2 aliphatic heterocycles. The van der Waals surface area contributed by atoms with Crippen molar-refractivity contribution in [2.24, 2.45) is 0 Å². The van der Waals surface area contributed by atoms with Gasteiger partial charge in [0.1, 0.15) is 6.10 Å². The Kier molecular flexibility index (Phi) is 5.19. The van der Waals surface area contributed by atoms with Gasteiger partial charge in [0.15, 0.2) is 11.5 Å². The van der Waals surface area contributed by atoms with Crippen LogP contribution in [0.5, 0.6) is 11.5 Å². The smallest absolute Gasteiger partial charge is 0.265 e. The third-order valence-electron chi connectivity index (χ3n) is 5.14. The number of fused-ring (bicyclic) bond motifs is 1. The fraction of sp³-hybridized carbons (Fsp3) is 0.364. The molecule has 2 unspecified atom stereocenters. The SMILES string of the molecule is CC1Oc2ccccc2OC1C(=O)NCc1ccc(CN2CCCC2=O)cc1. The fourth-order valence-electron chi connectivity index (χ4n) is 3.55. The lowest BCUT2D eigenvalue weighted by molar-refractivity contribution is -0.133. The van der Waals surface area contributed by atoms with Crippen LogP contribution in [0.3, 0.4) is 0 Å². The van der Waals surface area contributed by atoms with E-state index < -0.39 is 6.10 Å². The molecule has 1 N–H and O–H groups in total. The van der Waals surface area contributed by atoms with Crippen molar-refractivity contribution in [2.45, 2.75) is 45.1 Å². The topological polar surface area (TPSA) is 67.9 Å². The Morgan fingerprint density at radius 3 is 2.43 bits per heavy atom. The summed E-state index contributed by atoms with van der Waals surface area (Å²) in [6, 6.07) is 15.3. The molecule has 0 aromatic heterocycles. The number of amides is 2. The monoisotopic (exact) mass is 380 g/mol. The first-order valence-corrected chi connectivity index (χ1v) is 9.66. The van der Waals surface area contributed by atoms with E-state index in [9.17, 15) is 9.59 Å². The Morgan fingerprint density at radius 1 is 1.07 bits per heavy atom. The van der Waals surface area contributed by atoms with Crippen LogP contribution in [0.25, 0.3) is 0 Å². The summed E-state index contributed by atoms with van der Waals surface area (Å²) in [5, 5.41) is 2.92. The normalized spacial score (nSPS) is 20.9. The number of para-hydroxylation sites is 2. The van der Waals surface area contributed by atoms with E-state index in [2.05, 4.69) is 5.32 Å². The lowest BCUT2D eigenvalue weighted by Gasteiger charge is -2.31. The van der Waals surface area contributed by atoms with Gasteiger partial charge >= 0.3 is 0 Å². The molecule has 1 saturated heterocycles. The highest BCUT2D eigenvalue weighted by molar-refractivity contribution is 5.82. The first kappa shape index (κ1) is 18.3. The molecule has 1 fully saturated rings. The van der Waals surface area contributed by atoms with Crippen molar-refractivity contribution in [3.8, 4) is 11.5 Å². The van der Waals surface area contributed by atoms with Crippen LogP contribution in [0, 0.1) is 0 Å². The molecule has 2 aromatic rings. The number of hydrogen-bond donors (Lipinski definition) is 1. The Labute approximate surface area is 164 Å². The number of benzene rings is 2. The van der Waals surface area contributed by atoms with Crippen LogP contribution in [-0.2, 0) is 22.7 Å². The number of carbonyl (C=O) groups is 2. The largest absolute Gasteiger partial charge is 0.482 e. The van der Waals surface area contributed by atoms with Crippen LogP contribution < -0.4 is 14.8 Å². The highest BCUT2D eigenvalue weighted by Gasteiger charge is 2.33. The molecule has 0 saturated carbocycles. The zero-order valence-corrected chi connectivity index (χ0v) is 15.9. The van der Waals surface area contributed by atoms with Gasteiger partial charge in [0.05, 0.1) is 0 Å². The van der Waals surface area contributed by atoms with Crippen LogP contribution in [0.1, 0.15) is 30.9 Å². The van der Waals surface area contributed by atoms with Crippen molar-refractivity contribution < 1.29 is 19.1 Å². The highest BCUT2D eigenvalue weighted by atomic mass is 16.6. The van der Waals surface area contributed by atoms with Crippen molar-refractivity contribution in [3.05, 3.63) is 59.7 Å². The maximum absolute atomic E-state index is 12.6. The van der Waals surface area contributed by atoms with Crippen molar-refractivity contribution in [3.63, 3.8) is 0 Å². The maximum atomic E-state index is 12.6. The van der Waals surface area contributed by atoms with Gasteiger partial charge in [-0.3, -0.25) is 9.59 Å². The molecule has 2 amide bonds. The number of nitrogens with zero attached hydrogens (tertiary/aromatic N) is 1. The number of carbonyl (C=O) groups excluding carboxylic acids is 2. The molecule has 4 rings (SSSR count). The van der Waals surface area contributed by atoms with Gasteiger partial charge in [-0.2, -0.15) is 0 Å². The van der Waals surface area contributed by atoms with Gasteiger partial charge < -0.3 is 19.7 Å². The number of nitrogens with one attached hydrogen (secondary N) is 1. The highest BCUT2D eigenvalue weighted by Crippen LogP contribution is 2.33. The Bertz CT molecular complexity index is 865. The summed E-state index contributed by atoms with van der Waals surface area (Å²) in [5.74, 6) is 1.27. The van der Waals surface area contributed by atoms with E-state index in [0.717, 1.165) is 24.1 Å². The lowest BCUT2D eigenvalue weighted by Crippen LogP contribution is -2.48. The van der Waals surface area contributed by atoms with Crippen molar-refractivity contribution in [1.82, 2.24) is 10.2 Å². The molecule has 0 bridgehead atoms. The molecule has 6 heteroatoms. The summed E-state index contributed by atoms with van der Waals surface area (Å²) in [6.07, 6.45) is 0.546. The molecule has 28 heavy (non-hydrogen) atoms. The molecule has 0 spiro atoms. The molecular formula is C22H24N2O4. The van der Waals surface area contributed by atoms with Gasteiger partial charge in [-0.25, -0.2) is 0 Å². The van der Waals surface area contributed by atoms with E-state index in [-0.39, 0.29) is 17.9 Å². The van der Waals surface area contributed by atoms with E-state index in [0.29, 0.717) is 31.0 Å². The zero-order chi connectivity index (χ0) is 19.5. The van der Waals surface area contributed by atoms with E-state index in [1.54, 1.807) is 6.07 Å². The third-order valence-corrected chi connectivity index (χ3v) is 5.14. The summed E-state index contributed by atoms with van der Waals surface area (Å²) in [7, 11) is 0. The predicted molar refractivity (Wildman–Crippen MR) is 104 cm³/mol. The minimum atomic E-state index is -0.685. The number of ether oxygens (including phenoxy) is 2. The molecule has 2 heterocycles. The molecule has 2 atom stereocenters. The van der Waals surface area contributed by atoms with Crippen molar-refractivity contribution >= 4 is 11.8 Å². The standard InChI is InChI=1S/C22H24N2O4/c1-15-21(28-19-6-3-2-5-18(19)27-15)22(26)23-13-16-8-10-17(11-9-16)14-24-12-4-7-20(24)25/h2-3,5-6,8-11,15,21H,4,7,12-14H2,1H3,(H,23,26). The first-order valence-electron chi connectivity index (χ1n) is 9.66. The van der Waals surface area contributed by atoms with E-state index in [1.807, 2.05) is 54.3 Å². The van der Waals surface area contributed by atoms with Crippen LogP contribution in [0.4, 0.5) is 0 Å². The van der Waals surface area contributed by atoms with Gasteiger partial charge in [0.2, 0.25) is 12.0 Å². The van der Waals surface area contributed by atoms with Crippen LogP contribution in [-0.4, -0.2) is 35.5 Å². The predicted octanol–water partition coefficient (Wildman–Crippen LogP) is 2.65. The number of likely N-dealkylation sites (tertiary alicyclic amines) is 1. The van der Waals surface area contributed by atoms with Gasteiger partial charge in [0.25, 0.3) is 5.91 Å². The van der Waals surface area contributed by atoms with E-state index >= 15 is 0 Å². The Hall–Kier alpha value is -3.02. The second-order valence-electron chi connectivity index (χ2n) is 7.26. The molecule has 146 valence electrons. The van der Waals surface area contributed by atoms with Gasteiger partial charge in [-0.15, -0.1) is 0 Å². The van der Waals surface area contributed by atoms with Gasteiger partial charge in [0, 0.05) is 26.1 Å². The van der Waals surface area contributed by atoms with Crippen molar-refractivity contribution in [2.75, 3.05) is 6.54 Å².